The van der Waals surface area contributed by atoms with Gasteiger partial charge >= 0.3 is 0 Å². The molecule has 0 unspecified atom stereocenters. The van der Waals surface area contributed by atoms with Crippen molar-refractivity contribution in [3.05, 3.63) is 81.9 Å². The minimum Gasteiger partial charge on any atom is -0.379 e. The first-order valence-corrected chi connectivity index (χ1v) is 10.9. The molecule has 0 amide bonds. The Kier molecular flexibility index (Phi) is 5.22. The number of allylic oxidation sites excluding steroid dienone is 3. The van der Waals surface area contributed by atoms with Crippen molar-refractivity contribution >= 4 is 23.3 Å². The molecule has 148 valence electrons. The molecule has 0 radical (unpaired) electrons. The summed E-state index contributed by atoms with van der Waals surface area (Å²) in [7, 11) is 0. The van der Waals surface area contributed by atoms with E-state index in [0.29, 0.717) is 0 Å². The van der Waals surface area contributed by atoms with Crippen LogP contribution < -0.4 is 0 Å². The fraction of sp³-hybridized carbons (Fsp3) is 0.333. The van der Waals surface area contributed by atoms with Crippen molar-refractivity contribution in [1.82, 2.24) is 4.90 Å². The number of benzene rings is 2. The summed E-state index contributed by atoms with van der Waals surface area (Å²) in [6.45, 7) is 7.17. The van der Waals surface area contributed by atoms with Crippen molar-refractivity contribution in [2.45, 2.75) is 26.2 Å². The third kappa shape index (κ3) is 3.88. The predicted molar refractivity (Wildman–Crippen MR) is 123 cm³/mol. The first-order valence-electron chi connectivity index (χ1n) is 10.9. The molecule has 2 heteroatoms. The summed E-state index contributed by atoms with van der Waals surface area (Å²) >= 11 is 0. The maximum atomic E-state index is 5.50. The largest absolute Gasteiger partial charge is 0.379 e. The molecule has 1 fully saturated rings. The maximum Gasteiger partial charge on any atom is 0.0594 e. The first-order chi connectivity index (χ1) is 14.3. The van der Waals surface area contributed by atoms with E-state index >= 15 is 0 Å². The quantitative estimate of drug-likeness (QED) is 0.680. The zero-order valence-corrected chi connectivity index (χ0v) is 17.3. The Morgan fingerprint density at radius 2 is 1.90 bits per heavy atom. The van der Waals surface area contributed by atoms with E-state index in [0.717, 1.165) is 52.1 Å². The van der Waals surface area contributed by atoms with Crippen molar-refractivity contribution in [3.63, 3.8) is 0 Å². The Morgan fingerprint density at radius 1 is 1.07 bits per heavy atom. The van der Waals surface area contributed by atoms with E-state index in [2.05, 4.69) is 72.5 Å². The molecule has 0 saturated carbocycles. The number of hydrogen-bond donors (Lipinski definition) is 0. The molecule has 1 heterocycles. The highest BCUT2D eigenvalue weighted by Crippen LogP contribution is 2.39. The molecule has 0 bridgehead atoms. The van der Waals surface area contributed by atoms with Crippen molar-refractivity contribution in [2.24, 2.45) is 0 Å². The molecule has 0 aromatic heterocycles. The van der Waals surface area contributed by atoms with Gasteiger partial charge in [0.1, 0.15) is 0 Å². The van der Waals surface area contributed by atoms with Crippen molar-refractivity contribution < 1.29 is 4.74 Å². The molecule has 1 saturated heterocycles. The smallest absolute Gasteiger partial charge is 0.0594 e. The van der Waals surface area contributed by atoms with Gasteiger partial charge in [-0.05, 0) is 76.8 Å². The second kappa shape index (κ2) is 8.14. The van der Waals surface area contributed by atoms with Gasteiger partial charge in [-0.3, -0.25) is 4.90 Å². The molecular formula is C27H29NO. The number of rotatable bonds is 4. The Morgan fingerprint density at radius 3 is 2.76 bits per heavy atom. The van der Waals surface area contributed by atoms with Gasteiger partial charge in [0, 0.05) is 19.6 Å². The molecular weight excluding hydrogens is 354 g/mol. The second-order valence-corrected chi connectivity index (χ2v) is 8.38. The predicted octanol–water partition coefficient (Wildman–Crippen LogP) is 5.61. The summed E-state index contributed by atoms with van der Waals surface area (Å²) in [5.41, 5.74) is 11.2. The van der Waals surface area contributed by atoms with E-state index < -0.39 is 0 Å². The highest BCUT2D eigenvalue weighted by Gasteiger charge is 2.20. The fourth-order valence-electron chi connectivity index (χ4n) is 4.83. The standard InChI is InChI=1S/C27H29NO/c1-20-16-21-6-2-3-7-25(21)23(17-20)19-24-18-22(26-8-4-5-9-27(24)26)10-11-28-12-14-29-15-13-28/h2,4-6,8-9,16-19H,3,7,10-15H2,1H3. The molecule has 2 nitrogen and oxygen atoms in total. The minimum atomic E-state index is 0.869. The van der Waals surface area contributed by atoms with Gasteiger partial charge in [0.2, 0.25) is 0 Å². The van der Waals surface area contributed by atoms with Gasteiger partial charge in [-0.15, -0.1) is 0 Å². The average molecular weight is 384 g/mol. The number of morpholine rings is 1. The van der Waals surface area contributed by atoms with Crippen LogP contribution in [-0.2, 0) is 11.2 Å². The highest BCUT2D eigenvalue weighted by molar-refractivity contribution is 6.02. The number of nitrogens with zero attached hydrogens (tertiary/aromatic N) is 1. The van der Waals surface area contributed by atoms with Crippen molar-refractivity contribution in [1.29, 1.82) is 0 Å². The third-order valence-corrected chi connectivity index (χ3v) is 6.35. The van der Waals surface area contributed by atoms with Crippen LogP contribution in [0.5, 0.6) is 0 Å². The van der Waals surface area contributed by atoms with Crippen molar-refractivity contribution in [3.8, 4) is 0 Å². The lowest BCUT2D eigenvalue weighted by molar-refractivity contribution is 0.0390. The van der Waals surface area contributed by atoms with Crippen LogP contribution in [0.15, 0.2) is 48.6 Å². The molecule has 5 rings (SSSR count). The van der Waals surface area contributed by atoms with E-state index in [1.165, 1.54) is 44.5 Å². The van der Waals surface area contributed by atoms with Gasteiger partial charge in [-0.25, -0.2) is 0 Å². The molecule has 0 atom stereocenters. The maximum absolute atomic E-state index is 5.50. The second-order valence-electron chi connectivity index (χ2n) is 8.38. The molecule has 2 aliphatic carbocycles. The number of fused-ring (bicyclic) bond motifs is 2. The normalized spacial score (nSPS) is 19.9. The Labute approximate surface area is 174 Å². The summed E-state index contributed by atoms with van der Waals surface area (Å²) in [4.78, 5) is 2.53. The highest BCUT2D eigenvalue weighted by atomic mass is 16.5. The molecule has 2 aromatic rings. The number of hydrogen-bond acceptors (Lipinski definition) is 2. The average Bonchev–Trinajstić information content (AvgIpc) is 3.10. The molecule has 1 aliphatic heterocycles. The lowest BCUT2D eigenvalue weighted by Gasteiger charge is -2.26. The lowest BCUT2D eigenvalue weighted by atomic mass is 9.89. The van der Waals surface area contributed by atoms with Gasteiger partial charge in [0.05, 0.1) is 13.2 Å². The third-order valence-electron chi connectivity index (χ3n) is 6.35. The SMILES string of the molecule is Cc1cc2c(c(C=C3C=C(CCN4CCOCC4)c4ccccc43)c1)CCC=C2. The van der Waals surface area contributed by atoms with E-state index in [1.807, 2.05) is 0 Å². The first kappa shape index (κ1) is 18.6. The number of aryl methyl sites for hydroxylation is 1. The Bertz CT molecular complexity index is 1010. The molecule has 2 aromatic carbocycles. The molecule has 29 heavy (non-hydrogen) atoms. The zero-order valence-electron chi connectivity index (χ0n) is 17.3. The van der Waals surface area contributed by atoms with Gasteiger partial charge in [-0.2, -0.15) is 0 Å². The van der Waals surface area contributed by atoms with E-state index in [9.17, 15) is 0 Å². The van der Waals surface area contributed by atoms with Crippen LogP contribution >= 0.6 is 0 Å². The van der Waals surface area contributed by atoms with Gasteiger partial charge in [-0.1, -0.05) is 54.6 Å². The van der Waals surface area contributed by atoms with Crippen LogP contribution in [-0.4, -0.2) is 37.7 Å². The van der Waals surface area contributed by atoms with Crippen LogP contribution in [0.25, 0.3) is 23.3 Å². The summed E-state index contributed by atoms with van der Waals surface area (Å²) in [5.74, 6) is 0. The summed E-state index contributed by atoms with van der Waals surface area (Å²) < 4.78 is 5.50. The Hall–Kier alpha value is -2.42. The minimum absolute atomic E-state index is 0.869. The van der Waals surface area contributed by atoms with E-state index in [4.69, 9.17) is 4.74 Å². The van der Waals surface area contributed by atoms with Crippen LogP contribution in [0.1, 0.15) is 46.2 Å². The summed E-state index contributed by atoms with van der Waals surface area (Å²) in [6, 6.07) is 13.6. The van der Waals surface area contributed by atoms with Gasteiger partial charge in [0.25, 0.3) is 0 Å². The monoisotopic (exact) mass is 383 g/mol. The summed E-state index contributed by atoms with van der Waals surface area (Å²) in [6.07, 6.45) is 12.8. The van der Waals surface area contributed by atoms with Crippen molar-refractivity contribution in [2.75, 3.05) is 32.8 Å². The lowest BCUT2D eigenvalue weighted by Crippen LogP contribution is -2.36. The van der Waals surface area contributed by atoms with Crippen LogP contribution in [0.3, 0.4) is 0 Å². The Balaban J connectivity index is 1.48. The van der Waals surface area contributed by atoms with Crippen LogP contribution in [0, 0.1) is 6.92 Å². The van der Waals surface area contributed by atoms with Gasteiger partial charge in [0.15, 0.2) is 0 Å². The fourth-order valence-corrected chi connectivity index (χ4v) is 4.83. The van der Waals surface area contributed by atoms with Crippen LogP contribution in [0.2, 0.25) is 0 Å². The van der Waals surface area contributed by atoms with E-state index in [-0.39, 0.29) is 0 Å². The zero-order chi connectivity index (χ0) is 19.6. The van der Waals surface area contributed by atoms with E-state index in [1.54, 1.807) is 0 Å². The number of ether oxygens (including phenoxy) is 1. The molecule has 0 spiro atoms. The van der Waals surface area contributed by atoms with Crippen LogP contribution in [0.4, 0.5) is 0 Å². The topological polar surface area (TPSA) is 12.5 Å². The molecule has 0 N–H and O–H groups in total. The van der Waals surface area contributed by atoms with Gasteiger partial charge < -0.3 is 4.74 Å². The summed E-state index contributed by atoms with van der Waals surface area (Å²) in [5, 5.41) is 0. The molecule has 3 aliphatic rings.